The minimum Gasteiger partial charge on any atom is -0.320 e. The molecule has 0 aromatic heterocycles. The van der Waals surface area contributed by atoms with E-state index < -0.39 is 28.8 Å². The quantitative estimate of drug-likeness (QED) is 0.348. The van der Waals surface area contributed by atoms with Gasteiger partial charge in [-0.25, -0.2) is 0 Å². The first-order chi connectivity index (χ1) is 14.8. The van der Waals surface area contributed by atoms with Crippen molar-refractivity contribution in [3.8, 4) is 0 Å². The molecule has 0 fully saturated rings. The number of carbonyl (C=O) groups excluding carboxylic acids is 2. The van der Waals surface area contributed by atoms with Gasteiger partial charge in [0.2, 0.25) is 11.8 Å². The molecule has 0 saturated carbocycles. The van der Waals surface area contributed by atoms with Crippen LogP contribution >= 0.6 is 12.4 Å². The van der Waals surface area contributed by atoms with Gasteiger partial charge in [0.15, 0.2) is 0 Å². The van der Waals surface area contributed by atoms with Crippen LogP contribution in [0.3, 0.4) is 0 Å². The fraction of sp³-hybridized carbons (Fsp3) is 0.391. The van der Waals surface area contributed by atoms with E-state index in [1.165, 1.54) is 17.7 Å². The molecule has 32 heavy (non-hydrogen) atoms. The number of nitrogens with zero attached hydrogens (tertiary/aromatic N) is 1. The lowest BCUT2D eigenvalue weighted by Crippen LogP contribution is -2.52. The SMILES string of the molecule is CC(C)C[C@H](NCCc1ccccc1)C(=O)NC(=O)[C@@H](N)Cc1ccc([N+](=O)[O-])cc1.Cl. The van der Waals surface area contributed by atoms with Crippen LogP contribution < -0.4 is 16.4 Å². The molecule has 0 radical (unpaired) electrons. The van der Waals surface area contributed by atoms with Gasteiger partial charge in [0, 0.05) is 12.1 Å². The Morgan fingerprint density at radius 2 is 1.62 bits per heavy atom. The van der Waals surface area contributed by atoms with Crippen molar-refractivity contribution in [2.75, 3.05) is 6.54 Å². The van der Waals surface area contributed by atoms with Crippen LogP contribution in [-0.4, -0.2) is 35.4 Å². The Labute approximate surface area is 194 Å². The summed E-state index contributed by atoms with van der Waals surface area (Å²) in [6.45, 7) is 4.64. The van der Waals surface area contributed by atoms with Gasteiger partial charge in [0.05, 0.1) is 17.0 Å². The summed E-state index contributed by atoms with van der Waals surface area (Å²) in [7, 11) is 0. The van der Waals surface area contributed by atoms with Crippen LogP contribution in [0.2, 0.25) is 0 Å². The molecule has 0 spiro atoms. The lowest BCUT2D eigenvalue weighted by molar-refractivity contribution is -0.384. The Kier molecular flexibility index (Phi) is 11.5. The molecule has 0 bridgehead atoms. The van der Waals surface area contributed by atoms with Crippen molar-refractivity contribution >= 4 is 29.9 Å². The first-order valence-corrected chi connectivity index (χ1v) is 10.4. The Balaban J connectivity index is 0.00000512. The van der Waals surface area contributed by atoms with Crippen LogP contribution in [0.15, 0.2) is 54.6 Å². The number of non-ortho nitro benzene ring substituents is 1. The van der Waals surface area contributed by atoms with E-state index in [9.17, 15) is 19.7 Å². The van der Waals surface area contributed by atoms with E-state index in [-0.39, 0.29) is 30.4 Å². The largest absolute Gasteiger partial charge is 0.320 e. The maximum Gasteiger partial charge on any atom is 0.269 e. The summed E-state index contributed by atoms with van der Waals surface area (Å²) in [5, 5.41) is 16.4. The van der Waals surface area contributed by atoms with Crippen molar-refractivity contribution < 1.29 is 14.5 Å². The summed E-state index contributed by atoms with van der Waals surface area (Å²) >= 11 is 0. The predicted octanol–water partition coefficient (Wildman–Crippen LogP) is 2.78. The fourth-order valence-corrected chi connectivity index (χ4v) is 3.19. The van der Waals surface area contributed by atoms with Gasteiger partial charge in [-0.2, -0.15) is 0 Å². The number of halogens is 1. The summed E-state index contributed by atoms with van der Waals surface area (Å²) in [4.78, 5) is 35.4. The summed E-state index contributed by atoms with van der Waals surface area (Å²) in [5.74, 6) is -0.697. The van der Waals surface area contributed by atoms with Gasteiger partial charge >= 0.3 is 0 Å². The first kappa shape index (κ1) is 27.2. The van der Waals surface area contributed by atoms with Crippen molar-refractivity contribution in [3.05, 3.63) is 75.8 Å². The van der Waals surface area contributed by atoms with E-state index in [0.717, 1.165) is 6.42 Å². The number of benzene rings is 2. The predicted molar refractivity (Wildman–Crippen MR) is 127 cm³/mol. The number of nitro groups is 1. The third-order valence-electron chi connectivity index (χ3n) is 4.86. The number of hydrogen-bond acceptors (Lipinski definition) is 6. The van der Waals surface area contributed by atoms with E-state index in [4.69, 9.17) is 5.73 Å². The summed E-state index contributed by atoms with van der Waals surface area (Å²) in [5.41, 5.74) is 7.77. The fourth-order valence-electron chi connectivity index (χ4n) is 3.19. The highest BCUT2D eigenvalue weighted by Crippen LogP contribution is 2.13. The first-order valence-electron chi connectivity index (χ1n) is 10.4. The average molecular weight is 463 g/mol. The zero-order valence-corrected chi connectivity index (χ0v) is 19.1. The Morgan fingerprint density at radius 3 is 2.19 bits per heavy atom. The van der Waals surface area contributed by atoms with Gasteiger partial charge in [-0.1, -0.05) is 56.3 Å². The van der Waals surface area contributed by atoms with Crippen molar-refractivity contribution in [2.45, 2.75) is 45.2 Å². The number of amides is 2. The average Bonchev–Trinajstić information content (AvgIpc) is 2.73. The van der Waals surface area contributed by atoms with Gasteiger partial charge in [-0.05, 0) is 42.9 Å². The van der Waals surface area contributed by atoms with E-state index in [0.29, 0.717) is 18.5 Å². The van der Waals surface area contributed by atoms with Crippen LogP contribution in [0.25, 0.3) is 0 Å². The summed E-state index contributed by atoms with van der Waals surface area (Å²) < 4.78 is 0. The van der Waals surface area contributed by atoms with E-state index in [1.807, 2.05) is 44.2 Å². The Bertz CT molecular complexity index is 875. The topological polar surface area (TPSA) is 127 Å². The molecule has 0 heterocycles. The van der Waals surface area contributed by atoms with Gasteiger partial charge in [0.1, 0.15) is 0 Å². The minimum absolute atomic E-state index is 0. The van der Waals surface area contributed by atoms with Crippen molar-refractivity contribution in [1.29, 1.82) is 0 Å². The van der Waals surface area contributed by atoms with Crippen molar-refractivity contribution in [1.82, 2.24) is 10.6 Å². The standard InChI is InChI=1S/C23H30N4O4.ClH/c1-16(2)14-21(25-13-12-17-6-4-3-5-7-17)23(29)26-22(28)20(24)15-18-8-10-19(11-9-18)27(30)31;/h3-11,16,20-21,25H,12-15,24H2,1-2H3,(H,26,28,29);1H/t20-,21-;/m0./s1. The number of nitro benzene ring substituents is 1. The smallest absolute Gasteiger partial charge is 0.269 e. The zero-order chi connectivity index (χ0) is 22.8. The molecule has 2 aromatic carbocycles. The second-order valence-electron chi connectivity index (χ2n) is 7.96. The molecule has 0 aliphatic rings. The van der Waals surface area contributed by atoms with Gasteiger partial charge < -0.3 is 11.1 Å². The van der Waals surface area contributed by atoms with Crippen LogP contribution in [0, 0.1) is 16.0 Å². The summed E-state index contributed by atoms with van der Waals surface area (Å²) in [6.07, 6.45) is 1.54. The third-order valence-corrected chi connectivity index (χ3v) is 4.86. The molecule has 8 nitrogen and oxygen atoms in total. The van der Waals surface area contributed by atoms with Crippen molar-refractivity contribution in [2.24, 2.45) is 11.7 Å². The lowest BCUT2D eigenvalue weighted by Gasteiger charge is -2.21. The highest BCUT2D eigenvalue weighted by Gasteiger charge is 2.24. The molecule has 0 saturated heterocycles. The van der Waals surface area contributed by atoms with Gasteiger partial charge in [-0.15, -0.1) is 12.4 Å². The normalized spacial score (nSPS) is 12.5. The summed E-state index contributed by atoms with van der Waals surface area (Å²) in [6, 6.07) is 14.4. The van der Waals surface area contributed by atoms with Crippen LogP contribution in [0.4, 0.5) is 5.69 Å². The minimum atomic E-state index is -0.936. The Morgan fingerprint density at radius 1 is 1.00 bits per heavy atom. The van der Waals surface area contributed by atoms with E-state index >= 15 is 0 Å². The second kappa shape index (κ2) is 13.6. The molecule has 4 N–H and O–H groups in total. The maximum atomic E-state index is 12.7. The molecule has 2 atom stereocenters. The highest BCUT2D eigenvalue weighted by molar-refractivity contribution is 6.00. The maximum absolute atomic E-state index is 12.7. The number of nitrogens with two attached hydrogens (primary N) is 1. The molecular weight excluding hydrogens is 432 g/mol. The lowest BCUT2D eigenvalue weighted by atomic mass is 10.0. The molecule has 0 unspecified atom stereocenters. The number of hydrogen-bond donors (Lipinski definition) is 3. The monoisotopic (exact) mass is 462 g/mol. The number of imide groups is 1. The Hall–Kier alpha value is -2.81. The second-order valence-corrected chi connectivity index (χ2v) is 7.96. The van der Waals surface area contributed by atoms with Crippen molar-refractivity contribution in [3.63, 3.8) is 0 Å². The molecule has 2 rings (SSSR count). The molecule has 0 aliphatic heterocycles. The number of carbonyl (C=O) groups is 2. The molecule has 174 valence electrons. The molecule has 9 heteroatoms. The van der Waals surface area contributed by atoms with Crippen LogP contribution in [-0.2, 0) is 22.4 Å². The molecule has 2 amide bonds. The van der Waals surface area contributed by atoms with E-state index in [1.54, 1.807) is 12.1 Å². The third kappa shape index (κ3) is 9.13. The molecule has 2 aromatic rings. The number of rotatable bonds is 11. The zero-order valence-electron chi connectivity index (χ0n) is 18.3. The van der Waals surface area contributed by atoms with E-state index in [2.05, 4.69) is 10.6 Å². The van der Waals surface area contributed by atoms with Gasteiger partial charge in [0.25, 0.3) is 5.69 Å². The van der Waals surface area contributed by atoms with Crippen LogP contribution in [0.5, 0.6) is 0 Å². The molecular formula is C23H31ClN4O4. The molecule has 0 aliphatic carbocycles. The van der Waals surface area contributed by atoms with Crippen LogP contribution in [0.1, 0.15) is 31.4 Å². The highest BCUT2D eigenvalue weighted by atomic mass is 35.5. The van der Waals surface area contributed by atoms with Gasteiger partial charge in [-0.3, -0.25) is 25.0 Å². The number of nitrogens with one attached hydrogen (secondary N) is 2.